The number of benzene rings is 8. The van der Waals surface area contributed by atoms with Crippen molar-refractivity contribution in [2.45, 2.75) is 173 Å². The second-order valence-electron chi connectivity index (χ2n) is 32.1. The third-order valence-corrected chi connectivity index (χ3v) is 24.8. The van der Waals surface area contributed by atoms with Crippen LogP contribution in [0.15, 0.2) is 224 Å². The molecule has 4 unspecified atom stereocenters. The van der Waals surface area contributed by atoms with Crippen LogP contribution in [-0.2, 0) is 44.6 Å². The number of phenolic OH excluding ortho intramolecular Hbond substituents is 1. The van der Waals surface area contributed by atoms with Gasteiger partial charge >= 0.3 is 5.97 Å². The van der Waals surface area contributed by atoms with Gasteiger partial charge in [0.15, 0.2) is 12.2 Å². The molecular formula is C98H123N5O6. The molecule has 8 aromatic rings. The Kier molecular flexibility index (Phi) is 29.8. The lowest BCUT2D eigenvalue weighted by Crippen LogP contribution is -2.49. The molecule has 5 fully saturated rings. The van der Waals surface area contributed by atoms with E-state index in [-0.39, 0.29) is 30.3 Å². The molecule has 15 rings (SSSR count). The van der Waals surface area contributed by atoms with E-state index in [4.69, 9.17) is 15.2 Å². The molecule has 5 aliphatic heterocycles. The summed E-state index contributed by atoms with van der Waals surface area (Å²) in [6.07, 6.45) is 15.4. The van der Waals surface area contributed by atoms with E-state index < -0.39 is 17.0 Å². The number of carbonyl (C=O) groups is 2. The first kappa shape index (κ1) is 81.4. The number of piperidine rings is 3. The molecule has 1 amide bonds. The Bertz CT molecular complexity index is 4150. The van der Waals surface area contributed by atoms with Gasteiger partial charge in [-0.25, -0.2) is 4.79 Å². The summed E-state index contributed by atoms with van der Waals surface area (Å²) in [4.78, 5) is 35.9. The van der Waals surface area contributed by atoms with Crippen molar-refractivity contribution in [2.75, 3.05) is 78.7 Å². The van der Waals surface area contributed by atoms with Crippen LogP contribution in [0.2, 0.25) is 0 Å². The fourth-order valence-corrected chi connectivity index (χ4v) is 18.8. The smallest absolute Gasteiger partial charge is 0.344 e. The number of hydrogen-bond donors (Lipinski definition) is 3. The van der Waals surface area contributed by atoms with Gasteiger partial charge in [-0.2, -0.15) is 0 Å². The van der Waals surface area contributed by atoms with Gasteiger partial charge in [-0.05, 0) is 224 Å². The molecule has 2 bridgehead atoms. The zero-order valence-corrected chi connectivity index (χ0v) is 66.4. The maximum Gasteiger partial charge on any atom is 0.344 e. The monoisotopic (exact) mass is 1470 g/mol. The lowest BCUT2D eigenvalue weighted by Gasteiger charge is -2.46. The zero-order chi connectivity index (χ0) is 76.7. The number of esters is 1. The normalized spacial score (nSPS) is 20.3. The number of hydrogen-bond acceptors (Lipinski definition) is 10. The van der Waals surface area contributed by atoms with Crippen LogP contribution in [0.4, 0.5) is 0 Å². The van der Waals surface area contributed by atoms with E-state index in [0.717, 1.165) is 138 Å². The van der Waals surface area contributed by atoms with Crippen LogP contribution in [0.3, 0.4) is 0 Å². The molecule has 5 heterocycles. The number of nitrogens with zero attached hydrogens (tertiary/aromatic N) is 4. The first-order chi connectivity index (χ1) is 53.0. The summed E-state index contributed by atoms with van der Waals surface area (Å²) < 4.78 is 11.0. The van der Waals surface area contributed by atoms with Gasteiger partial charge in [-0.3, -0.25) is 14.6 Å². The predicted molar refractivity (Wildman–Crippen MR) is 446 cm³/mol. The topological polar surface area (TPSA) is 132 Å². The maximum atomic E-state index is 13.2. The number of phenols is 1. The highest BCUT2D eigenvalue weighted by Crippen LogP contribution is 2.48. The molecule has 0 radical (unpaired) electrons. The van der Waals surface area contributed by atoms with E-state index in [1.807, 2.05) is 109 Å². The number of amides is 1. The van der Waals surface area contributed by atoms with Crippen LogP contribution in [0.25, 0.3) is 0 Å². The minimum atomic E-state index is -1.58. The average molecular weight is 1470 g/mol. The Balaban J connectivity index is 0.000000145. The van der Waals surface area contributed by atoms with Crippen molar-refractivity contribution in [1.82, 2.24) is 19.6 Å². The van der Waals surface area contributed by atoms with Gasteiger partial charge in [0.25, 0.3) is 0 Å². The Hall–Kier alpha value is -8.60. The van der Waals surface area contributed by atoms with Crippen molar-refractivity contribution >= 4 is 11.9 Å². The van der Waals surface area contributed by atoms with Gasteiger partial charge in [0.2, 0.25) is 5.91 Å². The van der Waals surface area contributed by atoms with E-state index in [2.05, 4.69) is 190 Å². The number of fused-ring (bicyclic) bond motifs is 5. The van der Waals surface area contributed by atoms with Gasteiger partial charge in [0.05, 0.1) is 13.2 Å². The third kappa shape index (κ3) is 20.5. The first-order valence-electron chi connectivity index (χ1n) is 41.1. The molecular weight excluding hydrogens is 1340 g/mol. The van der Waals surface area contributed by atoms with E-state index in [9.17, 15) is 19.8 Å². The second-order valence-corrected chi connectivity index (χ2v) is 32.1. The highest BCUT2D eigenvalue weighted by Gasteiger charge is 2.50. The zero-order valence-electron chi connectivity index (χ0n) is 66.4. The van der Waals surface area contributed by atoms with Crippen molar-refractivity contribution in [3.63, 3.8) is 0 Å². The summed E-state index contributed by atoms with van der Waals surface area (Å²) in [5.41, 5.74) is 18.6. The highest BCUT2D eigenvalue weighted by atomic mass is 16.5. The Morgan fingerprint density at radius 1 is 0.661 bits per heavy atom. The summed E-state index contributed by atoms with van der Waals surface area (Å²) in [7, 11) is 0. The van der Waals surface area contributed by atoms with Gasteiger partial charge in [0, 0.05) is 61.5 Å². The number of primary amides is 1. The third-order valence-electron chi connectivity index (χ3n) is 24.8. The lowest BCUT2D eigenvalue weighted by atomic mass is 9.64. The number of nitrogens with two attached hydrogens (primary N) is 1. The number of rotatable bonds is 25. The van der Waals surface area contributed by atoms with Crippen LogP contribution in [0.5, 0.6) is 11.5 Å². The van der Waals surface area contributed by atoms with Gasteiger partial charge in [-0.1, -0.05) is 263 Å². The summed E-state index contributed by atoms with van der Waals surface area (Å²) >= 11 is 0. The molecule has 4 saturated heterocycles. The van der Waals surface area contributed by atoms with E-state index >= 15 is 0 Å². The van der Waals surface area contributed by atoms with E-state index in [1.54, 1.807) is 5.56 Å². The second kappa shape index (κ2) is 39.9. The molecule has 8 aromatic carbocycles. The maximum absolute atomic E-state index is 13.2. The first-order valence-corrected chi connectivity index (χ1v) is 41.1. The number of likely N-dealkylation sites (tertiary alicyclic amines) is 1. The standard InChI is InChI=1S/C28H30N2O2.C26H31N.C22H31NO3.C22H31NO/c29-27(31)28(23-7-3-1-4-8-23,24-9-5-2-6-10-24)25-14-17-30(20-25)16-13-21-11-12-26-22(19-21)15-18-32-26;1-19(17-23-18-27-15-13-20(23)14-16-27)24-12-11-21-7-5-6-10-25(21)26(24)22-8-3-2-4-9-22;1-3-23(4-2)17-11-12-18-26-21(24)22(25,19-13-7-5-8-14-19)20-15-9-6-10-16-20;1-16(2)23(17(3)4)14-13-20(19-9-7-6-8-10-19)21-15-18(5)11-12-22(21)24/h1-12,19,25H,13-18,20H2,(H2,29,31);2-10,20,23-24,26H,1,11-18H2;5,7-8,13-14,20,25H,3-4,6,9-10,15-18H2,1-2H3;6-12,15-17,20,24H,13-14H2,1-5H3/t;23?,24?,26-;;20-/m.1.1/s1. The quantitative estimate of drug-likeness (QED) is 0.0289. The van der Waals surface area contributed by atoms with Crippen LogP contribution in [0.1, 0.15) is 185 Å². The van der Waals surface area contributed by atoms with Crippen molar-refractivity contribution in [3.05, 3.63) is 286 Å². The summed E-state index contributed by atoms with van der Waals surface area (Å²) in [5, 5.41) is 21.8. The molecule has 1 saturated carbocycles. The fraction of sp³-hybridized carbons (Fsp3) is 0.449. The van der Waals surface area contributed by atoms with Gasteiger partial charge in [0.1, 0.15) is 16.9 Å². The number of aliphatic hydroxyl groups is 1. The lowest BCUT2D eigenvalue weighted by molar-refractivity contribution is -0.174. The van der Waals surface area contributed by atoms with Gasteiger partial charge in [-0.15, -0.1) is 0 Å². The molecule has 2 aliphatic carbocycles. The van der Waals surface area contributed by atoms with E-state index in [0.29, 0.717) is 41.8 Å². The minimum Gasteiger partial charge on any atom is -0.508 e. The Labute approximate surface area is 653 Å². The van der Waals surface area contributed by atoms with Crippen molar-refractivity contribution < 1.29 is 29.3 Å². The molecule has 11 heteroatoms. The number of ether oxygens (including phenoxy) is 2. The molecule has 4 N–H and O–H groups in total. The molecule has 0 spiro atoms. The molecule has 11 nitrogen and oxygen atoms in total. The number of aryl methyl sites for hydroxylation is 2. The largest absolute Gasteiger partial charge is 0.508 e. The molecule has 6 atom stereocenters. The summed E-state index contributed by atoms with van der Waals surface area (Å²) in [6.45, 7) is 31.1. The van der Waals surface area contributed by atoms with E-state index in [1.165, 1.54) is 90.7 Å². The van der Waals surface area contributed by atoms with Crippen LogP contribution in [-0.4, -0.2) is 132 Å². The fourth-order valence-electron chi connectivity index (χ4n) is 18.8. The average Bonchev–Trinajstić information content (AvgIpc) is 1.67. The number of carbonyl (C=O) groups excluding carboxylic acids is 2. The SMILES string of the molecule is C=C(CC1CN2CCC1CC2)C1CCc2ccccc2[C@@H]1c1ccccc1.CCN(CC)CC#CCOC(=O)C(O)(c1ccccc1)C1CCCCC1.Cc1ccc(O)c([C@H](CCN(C(C)C)C(C)C)c2ccccc2)c1.NC(=O)C(c1ccccc1)(c1ccccc1)C1CCN(CCc2ccc3c(c2)CCO3)C1. The van der Waals surface area contributed by atoms with Crippen molar-refractivity contribution in [2.24, 2.45) is 35.3 Å². The summed E-state index contributed by atoms with van der Waals surface area (Å²) in [6, 6.07) is 73.7. The predicted octanol–water partition coefficient (Wildman–Crippen LogP) is 18.3. The molecule has 576 valence electrons. The van der Waals surface area contributed by atoms with Crippen LogP contribution in [0, 0.1) is 48.4 Å². The Morgan fingerprint density at radius 3 is 1.89 bits per heavy atom. The van der Waals surface area contributed by atoms with Crippen LogP contribution >= 0.6 is 0 Å². The van der Waals surface area contributed by atoms with Crippen molar-refractivity contribution in [3.8, 4) is 23.3 Å². The van der Waals surface area contributed by atoms with Crippen molar-refractivity contribution in [1.29, 1.82) is 0 Å². The minimum absolute atomic E-state index is 0.0158. The van der Waals surface area contributed by atoms with Gasteiger partial charge < -0.3 is 35.2 Å². The molecule has 7 aliphatic rings. The Morgan fingerprint density at radius 2 is 1.28 bits per heavy atom. The number of allylic oxidation sites excluding steroid dienone is 1. The molecule has 109 heavy (non-hydrogen) atoms. The highest BCUT2D eigenvalue weighted by molar-refractivity contribution is 5.91. The summed E-state index contributed by atoms with van der Waals surface area (Å²) in [5.74, 6) is 9.61. The number of aromatic hydroxyl groups is 1. The van der Waals surface area contributed by atoms with Crippen LogP contribution < -0.4 is 10.5 Å². The molecule has 0 aromatic heterocycles.